The first-order valence-electron chi connectivity index (χ1n) is 11.0. The number of aromatic nitrogens is 1. The quantitative estimate of drug-likeness (QED) is 0.647. The van der Waals surface area contributed by atoms with Gasteiger partial charge in [0.05, 0.1) is 16.8 Å². The minimum Gasteiger partial charge on any atom is -0.339 e. The van der Waals surface area contributed by atoms with Crippen LogP contribution in [0.25, 0.3) is 0 Å². The number of hydrogen-bond acceptors (Lipinski definition) is 5. The monoisotopic (exact) mass is 476 g/mol. The molecular formula is C23H26F2N4O3S. The Balaban J connectivity index is 1.43. The van der Waals surface area contributed by atoms with Crippen molar-refractivity contribution in [3.8, 4) is 0 Å². The molecular weight excluding hydrogens is 450 g/mol. The van der Waals surface area contributed by atoms with Gasteiger partial charge in [0, 0.05) is 30.9 Å². The van der Waals surface area contributed by atoms with Crippen LogP contribution in [0.3, 0.4) is 0 Å². The highest BCUT2D eigenvalue weighted by atomic mass is 32.1. The second-order valence-electron chi connectivity index (χ2n) is 8.49. The van der Waals surface area contributed by atoms with Gasteiger partial charge in [0.1, 0.15) is 5.54 Å². The zero-order chi connectivity index (χ0) is 23.8. The summed E-state index contributed by atoms with van der Waals surface area (Å²) in [6.45, 7) is 4.65. The number of nitrogens with one attached hydrogen (secondary N) is 1. The van der Waals surface area contributed by atoms with Gasteiger partial charge < -0.3 is 10.2 Å². The van der Waals surface area contributed by atoms with Crippen molar-refractivity contribution < 1.29 is 23.2 Å². The summed E-state index contributed by atoms with van der Waals surface area (Å²) in [5.74, 6) is -3.18. The van der Waals surface area contributed by atoms with E-state index in [-0.39, 0.29) is 23.9 Å². The van der Waals surface area contributed by atoms with Crippen molar-refractivity contribution >= 4 is 29.2 Å². The summed E-state index contributed by atoms with van der Waals surface area (Å²) in [5.41, 5.74) is 1.34. The zero-order valence-electron chi connectivity index (χ0n) is 18.6. The van der Waals surface area contributed by atoms with E-state index >= 15 is 0 Å². The summed E-state index contributed by atoms with van der Waals surface area (Å²) in [4.78, 5) is 46.8. The van der Waals surface area contributed by atoms with Gasteiger partial charge in [0.15, 0.2) is 11.6 Å². The Morgan fingerprint density at radius 3 is 2.64 bits per heavy atom. The largest absolute Gasteiger partial charge is 0.339 e. The van der Waals surface area contributed by atoms with Crippen molar-refractivity contribution in [2.75, 3.05) is 19.6 Å². The molecule has 0 spiro atoms. The maximum Gasteiger partial charge on any atom is 0.325 e. The van der Waals surface area contributed by atoms with Gasteiger partial charge in [0.25, 0.3) is 11.8 Å². The number of urea groups is 1. The lowest BCUT2D eigenvalue weighted by Crippen LogP contribution is -2.56. The first-order chi connectivity index (χ1) is 15.8. The smallest absolute Gasteiger partial charge is 0.325 e. The van der Waals surface area contributed by atoms with E-state index in [1.165, 1.54) is 33.3 Å². The normalized spacial score (nSPS) is 21.6. The third-order valence-corrected chi connectivity index (χ3v) is 7.82. The number of aryl methyl sites for hydroxylation is 1. The molecule has 2 saturated heterocycles. The van der Waals surface area contributed by atoms with Crippen LogP contribution in [0, 0.1) is 24.5 Å². The molecule has 0 aliphatic carbocycles. The summed E-state index contributed by atoms with van der Waals surface area (Å²) in [7, 11) is 0. The lowest BCUT2D eigenvalue weighted by atomic mass is 9.75. The van der Waals surface area contributed by atoms with Crippen LogP contribution in [0.4, 0.5) is 13.6 Å². The molecule has 1 aromatic heterocycles. The van der Waals surface area contributed by atoms with E-state index in [4.69, 9.17) is 0 Å². The molecule has 2 aromatic rings. The van der Waals surface area contributed by atoms with Crippen molar-refractivity contribution in [2.45, 2.75) is 45.1 Å². The third-order valence-electron chi connectivity index (χ3n) is 6.83. The molecule has 1 aromatic carbocycles. The van der Waals surface area contributed by atoms with E-state index in [2.05, 4.69) is 10.3 Å². The topological polar surface area (TPSA) is 82.6 Å². The third kappa shape index (κ3) is 4.12. The SMILES string of the molecule is CC[C@@]1(C2CCN(C(=O)c3cccc(F)c3F)CC2)NC(=O)N(CCc2scnc2C)C1=O. The van der Waals surface area contributed by atoms with Gasteiger partial charge in [-0.2, -0.15) is 0 Å². The van der Waals surface area contributed by atoms with E-state index in [0.29, 0.717) is 38.8 Å². The second-order valence-corrected chi connectivity index (χ2v) is 9.43. The number of thiazole rings is 1. The molecule has 176 valence electrons. The predicted molar refractivity (Wildman–Crippen MR) is 119 cm³/mol. The molecule has 2 aliphatic heterocycles. The Labute approximate surface area is 194 Å². The summed E-state index contributed by atoms with van der Waals surface area (Å²) in [6.07, 6.45) is 1.95. The lowest BCUT2D eigenvalue weighted by Gasteiger charge is -2.40. The molecule has 0 radical (unpaired) electrons. The van der Waals surface area contributed by atoms with Crippen molar-refractivity contribution in [1.82, 2.24) is 20.1 Å². The number of piperidine rings is 1. The molecule has 4 rings (SSSR count). The summed E-state index contributed by atoms with van der Waals surface area (Å²) >= 11 is 1.50. The number of carbonyl (C=O) groups excluding carboxylic acids is 3. The first-order valence-corrected chi connectivity index (χ1v) is 11.9. The van der Waals surface area contributed by atoms with E-state index in [1.807, 2.05) is 13.8 Å². The maximum absolute atomic E-state index is 14.1. The molecule has 0 saturated carbocycles. The van der Waals surface area contributed by atoms with Crippen molar-refractivity contribution in [1.29, 1.82) is 0 Å². The number of hydrogen-bond donors (Lipinski definition) is 1. The minimum absolute atomic E-state index is 0.157. The average molecular weight is 477 g/mol. The van der Waals surface area contributed by atoms with Crippen LogP contribution < -0.4 is 5.32 Å². The van der Waals surface area contributed by atoms with Gasteiger partial charge in [-0.05, 0) is 44.2 Å². The molecule has 1 N–H and O–H groups in total. The molecule has 33 heavy (non-hydrogen) atoms. The maximum atomic E-state index is 14.1. The number of imide groups is 1. The fourth-order valence-corrected chi connectivity index (χ4v) is 5.62. The number of nitrogens with zero attached hydrogens (tertiary/aromatic N) is 3. The van der Waals surface area contributed by atoms with E-state index in [9.17, 15) is 23.2 Å². The van der Waals surface area contributed by atoms with Crippen LogP contribution in [0.1, 0.15) is 47.1 Å². The van der Waals surface area contributed by atoms with Crippen LogP contribution in [-0.2, 0) is 11.2 Å². The molecule has 4 amide bonds. The van der Waals surface area contributed by atoms with Gasteiger partial charge in [-0.15, -0.1) is 11.3 Å². The number of amides is 4. The summed E-state index contributed by atoms with van der Waals surface area (Å²) in [5, 5.41) is 2.94. The van der Waals surface area contributed by atoms with Crippen LogP contribution in [0.5, 0.6) is 0 Å². The fraction of sp³-hybridized carbons (Fsp3) is 0.478. The van der Waals surface area contributed by atoms with Crippen molar-refractivity contribution in [3.05, 3.63) is 51.5 Å². The highest BCUT2D eigenvalue weighted by Gasteiger charge is 2.54. The molecule has 2 fully saturated rings. The molecule has 2 aliphatic rings. The standard InChI is InChI=1S/C23H26F2N4O3S/c1-3-23(21(31)29(22(32)27-23)12-9-18-14(2)26-13-33-18)15-7-10-28(11-8-15)20(30)16-5-4-6-17(24)19(16)25/h4-6,13,15H,3,7-12H2,1-2H3,(H,27,32)/t23-/m0/s1. The highest BCUT2D eigenvalue weighted by molar-refractivity contribution is 7.09. The number of halogens is 2. The van der Waals surface area contributed by atoms with Crippen LogP contribution in [-0.4, -0.2) is 57.8 Å². The van der Waals surface area contributed by atoms with E-state index in [0.717, 1.165) is 16.6 Å². The van der Waals surface area contributed by atoms with Crippen molar-refractivity contribution in [2.24, 2.45) is 5.92 Å². The van der Waals surface area contributed by atoms with Gasteiger partial charge in [-0.1, -0.05) is 13.0 Å². The number of carbonyl (C=O) groups is 3. The summed E-state index contributed by atoms with van der Waals surface area (Å²) < 4.78 is 27.6. The Morgan fingerprint density at radius 1 is 1.27 bits per heavy atom. The molecule has 7 nitrogen and oxygen atoms in total. The lowest BCUT2D eigenvalue weighted by molar-refractivity contribution is -0.134. The molecule has 1 atom stereocenters. The first kappa shape index (κ1) is 23.3. The minimum atomic E-state index is -1.15. The summed E-state index contributed by atoms with van der Waals surface area (Å²) in [6, 6.07) is 3.15. The Bertz CT molecular complexity index is 1080. The van der Waals surface area contributed by atoms with E-state index in [1.54, 1.807) is 5.51 Å². The van der Waals surface area contributed by atoms with E-state index < -0.39 is 29.1 Å². The number of rotatable bonds is 6. The Morgan fingerprint density at radius 2 is 2.00 bits per heavy atom. The van der Waals surface area contributed by atoms with Gasteiger partial charge in [-0.3, -0.25) is 14.5 Å². The molecule has 0 unspecified atom stereocenters. The number of likely N-dealkylation sites (tertiary alicyclic amines) is 1. The fourth-order valence-electron chi connectivity index (χ4n) is 4.85. The predicted octanol–water partition coefficient (Wildman–Crippen LogP) is 3.53. The van der Waals surface area contributed by atoms with Crippen molar-refractivity contribution in [3.63, 3.8) is 0 Å². The van der Waals surface area contributed by atoms with Gasteiger partial charge >= 0.3 is 6.03 Å². The highest BCUT2D eigenvalue weighted by Crippen LogP contribution is 2.36. The van der Waals surface area contributed by atoms with Crippen LogP contribution >= 0.6 is 11.3 Å². The Kier molecular flexibility index (Phi) is 6.47. The number of benzene rings is 1. The Hall–Kier alpha value is -2.88. The van der Waals surface area contributed by atoms with Crippen LogP contribution in [0.15, 0.2) is 23.7 Å². The van der Waals surface area contributed by atoms with Gasteiger partial charge in [-0.25, -0.2) is 18.6 Å². The van der Waals surface area contributed by atoms with Crippen LogP contribution in [0.2, 0.25) is 0 Å². The van der Waals surface area contributed by atoms with Gasteiger partial charge in [0.2, 0.25) is 0 Å². The average Bonchev–Trinajstić information content (AvgIpc) is 3.34. The molecule has 3 heterocycles. The zero-order valence-corrected chi connectivity index (χ0v) is 19.4. The molecule has 10 heteroatoms. The second kappa shape index (κ2) is 9.17. The molecule has 0 bridgehead atoms.